The van der Waals surface area contributed by atoms with Crippen LogP contribution in [-0.4, -0.2) is 37.9 Å². The van der Waals surface area contributed by atoms with Gasteiger partial charge in [0.2, 0.25) is 0 Å². The van der Waals surface area contributed by atoms with Gasteiger partial charge in [-0.1, -0.05) is 19.4 Å². The molecule has 2 atom stereocenters. The highest BCUT2D eigenvalue weighted by atomic mass is 16.3. The third-order valence-corrected chi connectivity index (χ3v) is 3.64. The van der Waals surface area contributed by atoms with Crippen LogP contribution >= 0.6 is 0 Å². The minimum absolute atomic E-state index is 0.101. The second kappa shape index (κ2) is 6.74. The highest BCUT2D eigenvalue weighted by Gasteiger charge is 2.25. The molecule has 0 aromatic carbocycles. The van der Waals surface area contributed by atoms with Gasteiger partial charge in [-0.25, -0.2) is 4.79 Å². The molecule has 0 bridgehead atoms. The Bertz CT molecular complexity index is 642. The van der Waals surface area contributed by atoms with Gasteiger partial charge in [0.15, 0.2) is 11.5 Å². The first-order chi connectivity index (χ1) is 10.5. The lowest BCUT2D eigenvalue weighted by Gasteiger charge is -2.29. The zero-order chi connectivity index (χ0) is 16.2. The molecule has 0 aliphatic heterocycles. The van der Waals surface area contributed by atoms with Gasteiger partial charge in [-0.15, -0.1) is 10.2 Å². The summed E-state index contributed by atoms with van der Waals surface area (Å²) in [6, 6.07) is 4.99. The summed E-state index contributed by atoms with van der Waals surface area (Å²) >= 11 is 0. The molecule has 0 fully saturated rings. The Morgan fingerprint density at radius 3 is 2.91 bits per heavy atom. The average molecular weight is 305 g/mol. The molecule has 0 saturated heterocycles. The van der Waals surface area contributed by atoms with Crippen molar-refractivity contribution in [2.75, 3.05) is 6.61 Å². The molecule has 7 nitrogen and oxygen atoms in total. The van der Waals surface area contributed by atoms with Crippen LogP contribution in [0.3, 0.4) is 0 Å². The van der Waals surface area contributed by atoms with Crippen LogP contribution in [-0.2, 0) is 0 Å². The minimum atomic E-state index is -0.620. The first kappa shape index (κ1) is 16.2. The van der Waals surface area contributed by atoms with Crippen molar-refractivity contribution >= 4 is 11.7 Å². The predicted octanol–water partition coefficient (Wildman–Crippen LogP) is 1.64. The fourth-order valence-corrected chi connectivity index (χ4v) is 2.46. The topological polar surface area (TPSA) is 91.5 Å². The van der Waals surface area contributed by atoms with Gasteiger partial charge < -0.3 is 15.7 Å². The lowest BCUT2D eigenvalue weighted by Crippen LogP contribution is -2.52. The fraction of sp³-hybridized carbons (Fsp3) is 0.533. The predicted molar refractivity (Wildman–Crippen MR) is 83.5 cm³/mol. The van der Waals surface area contributed by atoms with E-state index in [9.17, 15) is 9.90 Å². The number of nitrogens with one attached hydrogen (secondary N) is 2. The lowest BCUT2D eigenvalue weighted by atomic mass is 9.98. The first-order valence-electron chi connectivity index (χ1n) is 7.48. The van der Waals surface area contributed by atoms with Crippen molar-refractivity contribution in [2.45, 2.75) is 45.2 Å². The lowest BCUT2D eigenvalue weighted by molar-refractivity contribution is 0.162. The Kier molecular flexibility index (Phi) is 4.97. The van der Waals surface area contributed by atoms with E-state index in [2.05, 4.69) is 20.8 Å². The number of pyridine rings is 1. The largest absolute Gasteiger partial charge is 0.394 e. The summed E-state index contributed by atoms with van der Waals surface area (Å²) in [5.74, 6) is 0.659. The standard InChI is InChI=1S/C15H23N5O2/c1-4-8-15(3,10-21)17-14(22)16-11(2)13-19-18-12-7-5-6-9-20(12)13/h5-7,9,11,21H,4,8,10H2,1-3H3,(H2,16,17,22). The van der Waals surface area contributed by atoms with Crippen LogP contribution in [0.1, 0.15) is 45.5 Å². The number of fused-ring (bicyclic) bond motifs is 1. The SMILES string of the molecule is CCCC(C)(CO)NC(=O)NC(C)c1nnc2ccccn12. The third-order valence-electron chi connectivity index (χ3n) is 3.64. The number of nitrogens with zero attached hydrogens (tertiary/aromatic N) is 3. The zero-order valence-electron chi connectivity index (χ0n) is 13.2. The summed E-state index contributed by atoms with van der Waals surface area (Å²) in [4.78, 5) is 12.1. The number of carbonyl (C=O) groups excluding carboxylic acids is 1. The maximum atomic E-state index is 12.1. The molecule has 0 aliphatic rings. The number of aliphatic hydroxyl groups is 1. The second-order valence-electron chi connectivity index (χ2n) is 5.78. The highest BCUT2D eigenvalue weighted by molar-refractivity contribution is 5.75. The quantitative estimate of drug-likeness (QED) is 0.756. The molecular formula is C15H23N5O2. The van der Waals surface area contributed by atoms with Crippen molar-refractivity contribution in [3.05, 3.63) is 30.2 Å². The van der Waals surface area contributed by atoms with E-state index in [0.29, 0.717) is 12.2 Å². The Balaban J connectivity index is 2.05. The van der Waals surface area contributed by atoms with Crippen molar-refractivity contribution in [1.82, 2.24) is 25.2 Å². The van der Waals surface area contributed by atoms with Crippen molar-refractivity contribution in [2.24, 2.45) is 0 Å². The summed E-state index contributed by atoms with van der Waals surface area (Å²) in [6.07, 6.45) is 3.44. The molecule has 2 amide bonds. The number of rotatable bonds is 6. The normalized spacial score (nSPS) is 15.3. The van der Waals surface area contributed by atoms with Gasteiger partial charge in [0.25, 0.3) is 0 Å². The molecule has 7 heteroatoms. The fourth-order valence-electron chi connectivity index (χ4n) is 2.46. The van der Waals surface area contributed by atoms with E-state index in [1.165, 1.54) is 0 Å². The van der Waals surface area contributed by atoms with Crippen LogP contribution in [0.15, 0.2) is 24.4 Å². The van der Waals surface area contributed by atoms with E-state index in [4.69, 9.17) is 0 Å². The molecule has 2 unspecified atom stereocenters. The molecule has 0 spiro atoms. The van der Waals surface area contributed by atoms with Crippen LogP contribution in [0.4, 0.5) is 4.79 Å². The van der Waals surface area contributed by atoms with E-state index >= 15 is 0 Å². The molecule has 22 heavy (non-hydrogen) atoms. The van der Waals surface area contributed by atoms with Crippen LogP contribution in [0.25, 0.3) is 5.65 Å². The third kappa shape index (κ3) is 3.54. The Morgan fingerprint density at radius 1 is 1.45 bits per heavy atom. The molecule has 0 radical (unpaired) electrons. The van der Waals surface area contributed by atoms with Crippen LogP contribution in [0, 0.1) is 0 Å². The average Bonchev–Trinajstić information content (AvgIpc) is 2.91. The van der Waals surface area contributed by atoms with Gasteiger partial charge >= 0.3 is 6.03 Å². The number of carbonyl (C=O) groups is 1. The Hall–Kier alpha value is -2.15. The molecule has 2 aromatic rings. The van der Waals surface area contributed by atoms with Crippen LogP contribution < -0.4 is 10.6 Å². The van der Waals surface area contributed by atoms with Crippen LogP contribution in [0.5, 0.6) is 0 Å². The molecule has 0 saturated carbocycles. The van der Waals surface area contributed by atoms with Gasteiger partial charge in [-0.05, 0) is 32.4 Å². The summed E-state index contributed by atoms with van der Waals surface area (Å²) in [5.41, 5.74) is 0.114. The Labute approximate surface area is 129 Å². The number of aliphatic hydroxyl groups excluding tert-OH is 1. The minimum Gasteiger partial charge on any atom is -0.394 e. The Morgan fingerprint density at radius 2 is 2.23 bits per heavy atom. The van der Waals surface area contributed by atoms with E-state index in [1.807, 2.05) is 49.6 Å². The highest BCUT2D eigenvalue weighted by Crippen LogP contribution is 2.13. The number of hydrogen-bond donors (Lipinski definition) is 3. The van der Waals surface area contributed by atoms with Crippen molar-refractivity contribution in [3.63, 3.8) is 0 Å². The van der Waals surface area contributed by atoms with Gasteiger partial charge in [0.1, 0.15) is 0 Å². The first-order valence-corrected chi connectivity index (χ1v) is 7.48. The smallest absolute Gasteiger partial charge is 0.315 e. The van der Waals surface area contributed by atoms with Crippen molar-refractivity contribution < 1.29 is 9.90 Å². The number of aromatic nitrogens is 3. The van der Waals surface area contributed by atoms with Gasteiger partial charge in [0.05, 0.1) is 18.2 Å². The summed E-state index contributed by atoms with van der Waals surface area (Å²) in [6.45, 7) is 5.58. The molecule has 2 rings (SSSR count). The molecule has 120 valence electrons. The zero-order valence-corrected chi connectivity index (χ0v) is 13.2. The van der Waals surface area contributed by atoms with E-state index in [-0.39, 0.29) is 18.7 Å². The monoisotopic (exact) mass is 305 g/mol. The number of amides is 2. The van der Waals surface area contributed by atoms with E-state index < -0.39 is 5.54 Å². The summed E-state index contributed by atoms with van der Waals surface area (Å²) < 4.78 is 1.84. The van der Waals surface area contributed by atoms with Crippen molar-refractivity contribution in [3.8, 4) is 0 Å². The van der Waals surface area contributed by atoms with Crippen LogP contribution in [0.2, 0.25) is 0 Å². The summed E-state index contributed by atoms with van der Waals surface area (Å²) in [5, 5.41) is 23.3. The maximum absolute atomic E-state index is 12.1. The molecule has 3 N–H and O–H groups in total. The maximum Gasteiger partial charge on any atom is 0.315 e. The molecule has 2 aromatic heterocycles. The summed E-state index contributed by atoms with van der Waals surface area (Å²) in [7, 11) is 0. The molecule has 0 aliphatic carbocycles. The van der Waals surface area contributed by atoms with Crippen molar-refractivity contribution in [1.29, 1.82) is 0 Å². The molecule has 2 heterocycles. The van der Waals surface area contributed by atoms with Gasteiger partial charge in [-0.2, -0.15) is 0 Å². The van der Waals surface area contributed by atoms with Gasteiger partial charge in [-0.3, -0.25) is 4.40 Å². The number of hydrogen-bond acceptors (Lipinski definition) is 4. The number of urea groups is 1. The van der Waals surface area contributed by atoms with Gasteiger partial charge in [0, 0.05) is 6.20 Å². The molecular weight excluding hydrogens is 282 g/mol. The van der Waals surface area contributed by atoms with E-state index in [0.717, 1.165) is 12.1 Å². The van der Waals surface area contributed by atoms with E-state index in [1.54, 1.807) is 0 Å². The second-order valence-corrected chi connectivity index (χ2v) is 5.78.